The van der Waals surface area contributed by atoms with Crippen LogP contribution in [0.5, 0.6) is 0 Å². The molecule has 7 nitrogen and oxygen atoms in total. The molecule has 0 fully saturated rings. The number of nitriles is 2. The van der Waals surface area contributed by atoms with Gasteiger partial charge in [0.15, 0.2) is 17.5 Å². The number of furan rings is 1. The maximum atomic E-state index is 11.1. The first kappa shape index (κ1) is 38.1. The topological polar surface area (TPSA) is 103 Å². The van der Waals surface area contributed by atoms with Crippen molar-refractivity contribution in [3.63, 3.8) is 0 Å². The molecular weight excluding hydrogens is 821 g/mol. The Morgan fingerprint density at radius 3 is 1.60 bits per heavy atom. The van der Waals surface area contributed by atoms with E-state index in [2.05, 4.69) is 126 Å². The van der Waals surface area contributed by atoms with Gasteiger partial charge in [-0.05, 0) is 93.0 Å². The van der Waals surface area contributed by atoms with Crippen LogP contribution in [0.4, 0.5) is 17.1 Å². The van der Waals surface area contributed by atoms with Gasteiger partial charge in [0.25, 0.3) is 0 Å². The zero-order valence-electron chi connectivity index (χ0n) is 35.7. The Hall–Kier alpha value is -9.43. The van der Waals surface area contributed by atoms with E-state index in [1.165, 1.54) is 22.3 Å². The molecule has 0 unspecified atom stereocenters. The molecule has 9 aromatic carbocycles. The van der Waals surface area contributed by atoms with Crippen LogP contribution in [0.3, 0.4) is 0 Å². The van der Waals surface area contributed by atoms with Crippen LogP contribution in [0.1, 0.15) is 33.4 Å². The highest BCUT2D eigenvalue weighted by atomic mass is 16.3. The van der Waals surface area contributed by atoms with Gasteiger partial charge in [0.2, 0.25) is 0 Å². The minimum Gasteiger partial charge on any atom is -0.456 e. The predicted octanol–water partition coefficient (Wildman–Crippen LogP) is 14.3. The fourth-order valence-electron chi connectivity index (χ4n) is 10.5. The van der Waals surface area contributed by atoms with Gasteiger partial charge in [-0.15, -0.1) is 0 Å². The van der Waals surface area contributed by atoms with Crippen molar-refractivity contribution in [2.45, 2.75) is 5.41 Å². The molecule has 0 saturated carbocycles. The summed E-state index contributed by atoms with van der Waals surface area (Å²) < 4.78 is 6.19. The van der Waals surface area contributed by atoms with Crippen LogP contribution >= 0.6 is 0 Å². The SMILES string of the molecule is N#Cc1cc(N2c3ccccc3C3(c4ccccc4-c4cc(-c5ccc6oc7ccccc7c6c5)ccc43)c3ccccc32)c(C#N)cc1-c1nc(-c2ccccc2)nc(-c2ccccc2)n1. The Morgan fingerprint density at radius 1 is 0.373 bits per heavy atom. The van der Waals surface area contributed by atoms with Crippen LogP contribution in [0, 0.1) is 22.7 Å². The Balaban J connectivity index is 0.995. The van der Waals surface area contributed by atoms with Crippen molar-refractivity contribution in [1.82, 2.24) is 15.0 Å². The van der Waals surface area contributed by atoms with Gasteiger partial charge in [0.1, 0.15) is 17.2 Å². The number of nitrogens with zero attached hydrogens (tertiary/aromatic N) is 6. The monoisotopic (exact) mass is 854 g/mol. The molecule has 1 spiro atoms. The van der Waals surface area contributed by atoms with E-state index in [4.69, 9.17) is 19.4 Å². The van der Waals surface area contributed by atoms with E-state index in [1.54, 1.807) is 6.07 Å². The number of aromatic nitrogens is 3. The molecule has 11 aromatic rings. The molecule has 13 rings (SSSR count). The van der Waals surface area contributed by atoms with E-state index >= 15 is 0 Å². The standard InChI is InChI=1S/C60H34N6O/c61-35-41-34-54(42(36-62)33-45(41)59-64-57(37-15-3-1-4-16-37)63-58(65-59)38-17-5-2-6-18-38)66-52-24-12-10-22-50(52)60(51-23-11-13-25-53(51)66)48-21-9-7-19-43(48)46-31-39(27-29-49(46)60)40-28-30-56-47(32-40)44-20-8-14-26-55(44)67-56/h1-34H. The molecule has 0 atom stereocenters. The number of anilines is 3. The molecule has 0 radical (unpaired) electrons. The summed E-state index contributed by atoms with van der Waals surface area (Å²) in [6, 6.07) is 75.2. The average molecular weight is 855 g/mol. The van der Waals surface area contributed by atoms with Gasteiger partial charge >= 0.3 is 0 Å². The van der Waals surface area contributed by atoms with Crippen LogP contribution in [0.2, 0.25) is 0 Å². The summed E-state index contributed by atoms with van der Waals surface area (Å²) in [6.45, 7) is 0. The minimum absolute atomic E-state index is 0.308. The summed E-state index contributed by atoms with van der Waals surface area (Å²) in [5, 5.41) is 24.3. The maximum absolute atomic E-state index is 11.1. The van der Waals surface area contributed by atoms with Crippen molar-refractivity contribution in [2.75, 3.05) is 4.90 Å². The van der Waals surface area contributed by atoms with E-state index in [0.29, 0.717) is 39.9 Å². The second-order valence-electron chi connectivity index (χ2n) is 16.9. The largest absolute Gasteiger partial charge is 0.456 e. The van der Waals surface area contributed by atoms with Crippen molar-refractivity contribution >= 4 is 39.0 Å². The summed E-state index contributed by atoms with van der Waals surface area (Å²) in [5.74, 6) is 1.25. The Labute approximate surface area is 385 Å². The molecule has 310 valence electrons. The number of hydrogen-bond acceptors (Lipinski definition) is 7. The van der Waals surface area contributed by atoms with Crippen molar-refractivity contribution in [1.29, 1.82) is 10.5 Å². The Kier molecular flexibility index (Phi) is 8.42. The molecule has 0 amide bonds. The first-order valence-electron chi connectivity index (χ1n) is 22.1. The van der Waals surface area contributed by atoms with Gasteiger partial charge in [0.05, 0.1) is 39.7 Å². The lowest BCUT2D eigenvalue weighted by Crippen LogP contribution is -2.36. The molecule has 2 aromatic heterocycles. The van der Waals surface area contributed by atoms with Crippen molar-refractivity contribution in [2.24, 2.45) is 0 Å². The van der Waals surface area contributed by atoms with Crippen LogP contribution in [0.15, 0.2) is 211 Å². The highest BCUT2D eigenvalue weighted by Crippen LogP contribution is 2.64. The third-order valence-corrected chi connectivity index (χ3v) is 13.4. The smallest absolute Gasteiger partial charge is 0.165 e. The Bertz CT molecular complexity index is 3810. The van der Waals surface area contributed by atoms with Gasteiger partial charge in [0, 0.05) is 27.5 Å². The van der Waals surface area contributed by atoms with E-state index in [1.807, 2.05) is 91.0 Å². The molecule has 1 aliphatic carbocycles. The Morgan fingerprint density at radius 2 is 0.910 bits per heavy atom. The number of rotatable bonds is 5. The number of benzene rings is 9. The first-order valence-corrected chi connectivity index (χ1v) is 22.1. The normalized spacial score (nSPS) is 12.8. The first-order chi connectivity index (χ1) is 33.1. The minimum atomic E-state index is -0.698. The summed E-state index contributed by atoms with van der Waals surface area (Å²) >= 11 is 0. The van der Waals surface area contributed by atoms with E-state index < -0.39 is 5.41 Å². The quantitative estimate of drug-likeness (QED) is 0.170. The van der Waals surface area contributed by atoms with Gasteiger partial charge in [-0.1, -0.05) is 158 Å². The van der Waals surface area contributed by atoms with Crippen molar-refractivity contribution in [3.8, 4) is 68.6 Å². The van der Waals surface area contributed by atoms with Crippen molar-refractivity contribution in [3.05, 3.63) is 240 Å². The van der Waals surface area contributed by atoms with Gasteiger partial charge in [-0.25, -0.2) is 15.0 Å². The third-order valence-electron chi connectivity index (χ3n) is 13.4. The second kappa shape index (κ2) is 14.8. The van der Waals surface area contributed by atoms with Crippen molar-refractivity contribution < 1.29 is 4.42 Å². The highest BCUT2D eigenvalue weighted by molar-refractivity contribution is 6.06. The lowest BCUT2D eigenvalue weighted by atomic mass is 9.64. The van der Waals surface area contributed by atoms with Crippen LogP contribution in [-0.4, -0.2) is 15.0 Å². The summed E-state index contributed by atoms with van der Waals surface area (Å²) in [5.41, 5.74) is 15.3. The van der Waals surface area contributed by atoms with Crippen LogP contribution < -0.4 is 4.90 Å². The molecule has 0 bridgehead atoms. The summed E-state index contributed by atoms with van der Waals surface area (Å²) in [4.78, 5) is 16.9. The zero-order chi connectivity index (χ0) is 44.6. The highest BCUT2D eigenvalue weighted by Gasteiger charge is 2.52. The molecular formula is C60H34N6O. The van der Waals surface area contributed by atoms with Crippen LogP contribution in [0.25, 0.3) is 78.4 Å². The molecule has 67 heavy (non-hydrogen) atoms. The molecule has 1 aliphatic heterocycles. The van der Waals surface area contributed by atoms with Gasteiger partial charge in [-0.3, -0.25) is 0 Å². The lowest BCUT2D eigenvalue weighted by Gasteiger charge is -2.45. The molecule has 2 aliphatic rings. The maximum Gasteiger partial charge on any atom is 0.165 e. The summed E-state index contributed by atoms with van der Waals surface area (Å²) in [7, 11) is 0. The van der Waals surface area contributed by atoms with Gasteiger partial charge in [-0.2, -0.15) is 10.5 Å². The number of hydrogen-bond donors (Lipinski definition) is 0. The van der Waals surface area contributed by atoms with E-state index in [9.17, 15) is 10.5 Å². The fourth-order valence-corrected chi connectivity index (χ4v) is 10.5. The third kappa shape index (κ3) is 5.66. The molecule has 0 saturated heterocycles. The zero-order valence-corrected chi connectivity index (χ0v) is 35.7. The molecule has 7 heteroatoms. The number of para-hydroxylation sites is 3. The summed E-state index contributed by atoms with van der Waals surface area (Å²) in [6.07, 6.45) is 0. The van der Waals surface area contributed by atoms with E-state index in [-0.39, 0.29) is 0 Å². The van der Waals surface area contributed by atoms with Crippen LogP contribution in [-0.2, 0) is 5.41 Å². The van der Waals surface area contributed by atoms with E-state index in [0.717, 1.165) is 66.7 Å². The molecule has 0 N–H and O–H groups in total. The molecule has 3 heterocycles. The lowest BCUT2D eigenvalue weighted by molar-refractivity contribution is 0.669. The second-order valence-corrected chi connectivity index (χ2v) is 16.9. The fraction of sp³-hybridized carbons (Fsp3) is 0.0167. The van der Waals surface area contributed by atoms with Gasteiger partial charge < -0.3 is 9.32 Å². The predicted molar refractivity (Wildman–Crippen MR) is 264 cm³/mol. The average Bonchev–Trinajstić information content (AvgIpc) is 3.92. The number of fused-ring (bicyclic) bond motifs is 12.